The Morgan fingerprint density at radius 3 is 2.30 bits per heavy atom. The number of hydrogen-bond acceptors (Lipinski definition) is 4. The van der Waals surface area contributed by atoms with Crippen molar-refractivity contribution in [2.75, 3.05) is 6.61 Å². The predicted molar refractivity (Wildman–Crippen MR) is 34.4 cm³/mol. The zero-order valence-electron chi connectivity index (χ0n) is 5.60. The third-order valence-corrected chi connectivity index (χ3v) is 1.21. The lowest BCUT2D eigenvalue weighted by Gasteiger charge is -2.13. The van der Waals surface area contributed by atoms with Crippen molar-refractivity contribution in [3.63, 3.8) is 0 Å². The minimum absolute atomic E-state index is 0.0822. The monoisotopic (exact) mass is 148 g/mol. The molecule has 4 heteroatoms. The summed E-state index contributed by atoms with van der Waals surface area (Å²) >= 11 is 0. The first kappa shape index (κ1) is 9.55. The van der Waals surface area contributed by atoms with E-state index < -0.39 is 12.2 Å². The molecule has 60 valence electrons. The highest BCUT2D eigenvalue weighted by atomic mass is 16.3. The van der Waals surface area contributed by atoms with Crippen LogP contribution in [-0.4, -0.2) is 40.4 Å². The van der Waals surface area contributed by atoms with E-state index in [4.69, 9.17) is 15.3 Å². The van der Waals surface area contributed by atoms with Crippen molar-refractivity contribution in [1.82, 2.24) is 0 Å². The third-order valence-electron chi connectivity index (χ3n) is 1.21. The fourth-order valence-corrected chi connectivity index (χ4v) is 0.580. The molecule has 0 aromatic carbocycles. The number of aldehydes is 1. The molecule has 4 nitrogen and oxygen atoms in total. The van der Waals surface area contributed by atoms with Crippen molar-refractivity contribution in [1.29, 1.82) is 0 Å². The number of carbonyl (C=O) groups excluding carboxylic acids is 1. The first-order valence-electron chi connectivity index (χ1n) is 3.13. The van der Waals surface area contributed by atoms with Crippen molar-refractivity contribution in [2.24, 2.45) is 0 Å². The lowest BCUT2D eigenvalue weighted by atomic mass is 10.1. The van der Waals surface area contributed by atoms with E-state index in [0.717, 1.165) is 0 Å². The molecule has 0 spiro atoms. The average Bonchev–Trinajstić information content (AvgIpc) is 1.89. The standard InChI is InChI=1S/C6H12O4/c7-3-1-5(9)6(10)2-4-8/h3,5-6,8-10H,1-2,4H2. The first-order valence-corrected chi connectivity index (χ1v) is 3.13. The van der Waals surface area contributed by atoms with Crippen LogP contribution in [0.4, 0.5) is 0 Å². The molecule has 0 aliphatic rings. The molecule has 0 aliphatic carbocycles. The van der Waals surface area contributed by atoms with Gasteiger partial charge in [-0.1, -0.05) is 0 Å². The van der Waals surface area contributed by atoms with E-state index in [0.29, 0.717) is 6.29 Å². The summed E-state index contributed by atoms with van der Waals surface area (Å²) in [6.45, 7) is -0.183. The molecule has 0 saturated carbocycles. The Morgan fingerprint density at radius 1 is 1.30 bits per heavy atom. The van der Waals surface area contributed by atoms with E-state index >= 15 is 0 Å². The second-order valence-corrected chi connectivity index (χ2v) is 2.05. The van der Waals surface area contributed by atoms with E-state index in [1.807, 2.05) is 0 Å². The van der Waals surface area contributed by atoms with Gasteiger partial charge < -0.3 is 20.1 Å². The van der Waals surface area contributed by atoms with Gasteiger partial charge in [0.25, 0.3) is 0 Å². The Bertz CT molecular complexity index is 93.7. The molecule has 3 N–H and O–H groups in total. The second-order valence-electron chi connectivity index (χ2n) is 2.05. The third kappa shape index (κ3) is 3.55. The zero-order valence-corrected chi connectivity index (χ0v) is 5.60. The van der Waals surface area contributed by atoms with E-state index in [-0.39, 0.29) is 19.4 Å². The molecule has 0 amide bonds. The molecule has 0 saturated heterocycles. The van der Waals surface area contributed by atoms with Crippen LogP contribution >= 0.6 is 0 Å². The topological polar surface area (TPSA) is 77.8 Å². The maximum absolute atomic E-state index is 9.79. The van der Waals surface area contributed by atoms with Crippen LogP contribution in [0.3, 0.4) is 0 Å². The molecule has 10 heavy (non-hydrogen) atoms. The summed E-state index contributed by atoms with van der Waals surface area (Å²) < 4.78 is 0. The van der Waals surface area contributed by atoms with Crippen LogP contribution in [0.15, 0.2) is 0 Å². The Balaban J connectivity index is 3.47. The number of rotatable bonds is 5. The molecule has 0 bridgehead atoms. The van der Waals surface area contributed by atoms with Crippen LogP contribution in [0.1, 0.15) is 12.8 Å². The Kier molecular flexibility index (Phi) is 5.10. The van der Waals surface area contributed by atoms with Crippen LogP contribution in [-0.2, 0) is 4.79 Å². The highest BCUT2D eigenvalue weighted by molar-refractivity contribution is 5.50. The van der Waals surface area contributed by atoms with E-state index in [2.05, 4.69) is 0 Å². The minimum Gasteiger partial charge on any atom is -0.396 e. The fraction of sp³-hybridized carbons (Fsp3) is 0.833. The SMILES string of the molecule is O=CCC(O)C(O)CCO. The highest BCUT2D eigenvalue weighted by Gasteiger charge is 2.13. The van der Waals surface area contributed by atoms with Crippen LogP contribution < -0.4 is 0 Å². The summed E-state index contributed by atoms with van der Waals surface area (Å²) in [5.74, 6) is 0. The Hall–Kier alpha value is -0.450. The zero-order chi connectivity index (χ0) is 7.98. The van der Waals surface area contributed by atoms with Gasteiger partial charge in [-0.05, 0) is 6.42 Å². The van der Waals surface area contributed by atoms with Gasteiger partial charge in [-0.25, -0.2) is 0 Å². The van der Waals surface area contributed by atoms with Crippen molar-refractivity contribution in [3.05, 3.63) is 0 Å². The predicted octanol–water partition coefficient (Wildman–Crippen LogP) is -1.32. The Labute approximate surface area is 59.1 Å². The maximum Gasteiger partial charge on any atom is 0.122 e. The van der Waals surface area contributed by atoms with Crippen LogP contribution in [0.5, 0.6) is 0 Å². The van der Waals surface area contributed by atoms with E-state index in [1.165, 1.54) is 0 Å². The quantitative estimate of drug-likeness (QED) is 0.422. The molecule has 0 heterocycles. The summed E-state index contributed by atoms with van der Waals surface area (Å²) in [5, 5.41) is 26.0. The summed E-state index contributed by atoms with van der Waals surface area (Å²) in [6.07, 6.45) is -1.47. The largest absolute Gasteiger partial charge is 0.396 e. The summed E-state index contributed by atoms with van der Waals surface area (Å²) in [7, 11) is 0. The summed E-state index contributed by atoms with van der Waals surface area (Å²) in [6, 6.07) is 0. The molecule has 0 radical (unpaired) electrons. The molecule has 0 fully saturated rings. The molecule has 0 aliphatic heterocycles. The Morgan fingerprint density at radius 2 is 1.90 bits per heavy atom. The van der Waals surface area contributed by atoms with Crippen LogP contribution in [0.25, 0.3) is 0 Å². The smallest absolute Gasteiger partial charge is 0.122 e. The van der Waals surface area contributed by atoms with Crippen molar-refractivity contribution in [2.45, 2.75) is 25.0 Å². The summed E-state index contributed by atoms with van der Waals surface area (Å²) in [5.41, 5.74) is 0. The van der Waals surface area contributed by atoms with Gasteiger partial charge >= 0.3 is 0 Å². The fourth-order valence-electron chi connectivity index (χ4n) is 0.580. The molecule has 0 rings (SSSR count). The van der Waals surface area contributed by atoms with E-state index in [9.17, 15) is 4.79 Å². The molecule has 0 aromatic rings. The van der Waals surface area contributed by atoms with Crippen molar-refractivity contribution in [3.8, 4) is 0 Å². The number of aliphatic hydroxyl groups excluding tert-OH is 3. The van der Waals surface area contributed by atoms with Crippen LogP contribution in [0, 0.1) is 0 Å². The summed E-state index contributed by atoms with van der Waals surface area (Å²) in [4.78, 5) is 9.79. The molecule has 2 unspecified atom stereocenters. The van der Waals surface area contributed by atoms with E-state index in [1.54, 1.807) is 0 Å². The van der Waals surface area contributed by atoms with Gasteiger partial charge in [-0.2, -0.15) is 0 Å². The van der Waals surface area contributed by atoms with Crippen molar-refractivity contribution >= 4 is 6.29 Å². The van der Waals surface area contributed by atoms with Gasteiger partial charge in [0.15, 0.2) is 0 Å². The normalized spacial score (nSPS) is 16.3. The molecular formula is C6H12O4. The van der Waals surface area contributed by atoms with Gasteiger partial charge in [0.2, 0.25) is 0 Å². The molecular weight excluding hydrogens is 136 g/mol. The van der Waals surface area contributed by atoms with Gasteiger partial charge in [-0.3, -0.25) is 0 Å². The average molecular weight is 148 g/mol. The lowest BCUT2D eigenvalue weighted by Crippen LogP contribution is -2.26. The molecule has 2 atom stereocenters. The number of hydrogen-bond donors (Lipinski definition) is 3. The molecule has 0 aromatic heterocycles. The second kappa shape index (κ2) is 5.34. The maximum atomic E-state index is 9.79. The van der Waals surface area contributed by atoms with Gasteiger partial charge in [0, 0.05) is 13.0 Å². The van der Waals surface area contributed by atoms with Crippen molar-refractivity contribution < 1.29 is 20.1 Å². The minimum atomic E-state index is -1.04. The number of carbonyl (C=O) groups is 1. The first-order chi connectivity index (χ1) is 4.72. The highest BCUT2D eigenvalue weighted by Crippen LogP contribution is 2.00. The van der Waals surface area contributed by atoms with Crippen LogP contribution in [0.2, 0.25) is 0 Å². The number of aliphatic hydroxyl groups is 3. The van der Waals surface area contributed by atoms with Gasteiger partial charge in [0.05, 0.1) is 12.2 Å². The van der Waals surface area contributed by atoms with Gasteiger partial charge in [-0.15, -0.1) is 0 Å². The van der Waals surface area contributed by atoms with Gasteiger partial charge in [0.1, 0.15) is 6.29 Å². The lowest BCUT2D eigenvalue weighted by molar-refractivity contribution is -0.111.